The molecule has 4 N–H and O–H groups in total. The Bertz CT molecular complexity index is 1160. The minimum absolute atomic E-state index is 0.0153. The van der Waals surface area contributed by atoms with Crippen LogP contribution in [0.5, 0.6) is 5.75 Å². The summed E-state index contributed by atoms with van der Waals surface area (Å²) in [5, 5.41) is 18.5. The Balaban J connectivity index is 1.65. The number of aryl methyl sites for hydroxylation is 1. The van der Waals surface area contributed by atoms with Crippen LogP contribution < -0.4 is 16.1 Å². The fourth-order valence-corrected chi connectivity index (χ4v) is 2.70. The van der Waals surface area contributed by atoms with Gasteiger partial charge in [-0.2, -0.15) is 5.10 Å². The molecule has 0 aliphatic carbocycles. The van der Waals surface area contributed by atoms with Gasteiger partial charge in [0.1, 0.15) is 5.75 Å². The van der Waals surface area contributed by atoms with Gasteiger partial charge in [0.2, 0.25) is 0 Å². The van der Waals surface area contributed by atoms with Crippen molar-refractivity contribution in [1.82, 2.24) is 5.43 Å². The molecular formula is C23H20N4O4. The molecule has 0 aliphatic rings. The summed E-state index contributed by atoms with van der Waals surface area (Å²) >= 11 is 0. The van der Waals surface area contributed by atoms with Crippen LogP contribution in [-0.4, -0.2) is 29.0 Å². The van der Waals surface area contributed by atoms with Crippen molar-refractivity contribution in [2.24, 2.45) is 5.10 Å². The monoisotopic (exact) mass is 416 g/mol. The third-order valence-corrected chi connectivity index (χ3v) is 4.21. The van der Waals surface area contributed by atoms with E-state index in [9.17, 15) is 19.5 Å². The number of hydrogen-bond donors (Lipinski definition) is 4. The van der Waals surface area contributed by atoms with Gasteiger partial charge in [-0.1, -0.05) is 36.4 Å². The lowest BCUT2D eigenvalue weighted by Crippen LogP contribution is -2.33. The number of hydrogen-bond acceptors (Lipinski definition) is 5. The van der Waals surface area contributed by atoms with E-state index in [1.165, 1.54) is 24.4 Å². The van der Waals surface area contributed by atoms with Gasteiger partial charge in [0.25, 0.3) is 5.91 Å². The van der Waals surface area contributed by atoms with Crippen molar-refractivity contribution in [2.45, 2.75) is 6.92 Å². The number of benzene rings is 3. The summed E-state index contributed by atoms with van der Waals surface area (Å²) in [5.74, 6) is -2.47. The Morgan fingerprint density at radius 3 is 2.39 bits per heavy atom. The van der Waals surface area contributed by atoms with Crippen molar-refractivity contribution in [3.63, 3.8) is 0 Å². The van der Waals surface area contributed by atoms with E-state index in [1.54, 1.807) is 36.4 Å². The van der Waals surface area contributed by atoms with E-state index in [-0.39, 0.29) is 17.0 Å². The maximum atomic E-state index is 12.6. The van der Waals surface area contributed by atoms with Gasteiger partial charge in [0.15, 0.2) is 0 Å². The maximum absolute atomic E-state index is 12.6. The number of carbonyl (C=O) groups excluding carboxylic acids is 3. The lowest BCUT2D eigenvalue weighted by Gasteiger charge is -2.11. The second-order valence-corrected chi connectivity index (χ2v) is 6.58. The molecule has 0 fully saturated rings. The highest BCUT2D eigenvalue weighted by atomic mass is 16.3. The predicted octanol–water partition coefficient (Wildman–Crippen LogP) is 3.04. The first-order valence-corrected chi connectivity index (χ1v) is 9.33. The summed E-state index contributed by atoms with van der Waals surface area (Å²) in [4.78, 5) is 36.9. The summed E-state index contributed by atoms with van der Waals surface area (Å²) < 4.78 is 0. The molecule has 3 amide bonds. The Morgan fingerprint density at radius 1 is 0.871 bits per heavy atom. The molecule has 8 heteroatoms. The lowest BCUT2D eigenvalue weighted by atomic mass is 10.1. The smallest absolute Gasteiger partial charge is 0.329 e. The Morgan fingerprint density at radius 2 is 1.61 bits per heavy atom. The first-order valence-electron chi connectivity index (χ1n) is 9.33. The molecular weight excluding hydrogens is 396 g/mol. The highest BCUT2D eigenvalue weighted by Crippen LogP contribution is 2.18. The minimum atomic E-state index is -1.03. The van der Waals surface area contributed by atoms with E-state index >= 15 is 0 Å². The number of phenolic OH excluding ortho intramolecular Hbond substituents is 1. The van der Waals surface area contributed by atoms with Crippen LogP contribution in [0.3, 0.4) is 0 Å². The number of phenols is 1. The molecule has 0 spiro atoms. The number of carbonyl (C=O) groups is 3. The molecule has 0 aliphatic heterocycles. The molecule has 3 aromatic carbocycles. The van der Waals surface area contributed by atoms with Gasteiger partial charge in [-0.3, -0.25) is 14.4 Å². The Labute approximate surface area is 178 Å². The highest BCUT2D eigenvalue weighted by Gasteiger charge is 2.17. The predicted molar refractivity (Wildman–Crippen MR) is 118 cm³/mol. The quantitative estimate of drug-likeness (QED) is 0.290. The Kier molecular flexibility index (Phi) is 6.74. The fraction of sp³-hybridized carbons (Fsp3) is 0.0435. The molecule has 0 saturated carbocycles. The molecule has 156 valence electrons. The lowest BCUT2D eigenvalue weighted by molar-refractivity contribution is -0.136. The van der Waals surface area contributed by atoms with E-state index < -0.39 is 17.7 Å². The number of nitrogens with one attached hydrogen (secondary N) is 3. The summed E-state index contributed by atoms with van der Waals surface area (Å²) in [6.07, 6.45) is 1.21. The molecule has 0 bridgehead atoms. The molecule has 0 heterocycles. The summed E-state index contributed by atoms with van der Waals surface area (Å²) in [6.45, 7) is 1.91. The first-order chi connectivity index (χ1) is 14.9. The van der Waals surface area contributed by atoms with Crippen molar-refractivity contribution in [2.75, 3.05) is 10.6 Å². The molecule has 3 rings (SSSR count). The van der Waals surface area contributed by atoms with E-state index in [4.69, 9.17) is 0 Å². The topological polar surface area (TPSA) is 120 Å². The zero-order valence-corrected chi connectivity index (χ0v) is 16.6. The van der Waals surface area contributed by atoms with Gasteiger partial charge < -0.3 is 15.7 Å². The van der Waals surface area contributed by atoms with Gasteiger partial charge in [-0.05, 0) is 48.9 Å². The normalized spacial score (nSPS) is 10.5. The van der Waals surface area contributed by atoms with Crippen LogP contribution in [0.2, 0.25) is 0 Å². The molecule has 3 aromatic rings. The summed E-state index contributed by atoms with van der Waals surface area (Å²) in [6, 6.07) is 20.0. The molecule has 8 nitrogen and oxygen atoms in total. The molecule has 0 saturated heterocycles. The van der Waals surface area contributed by atoms with Crippen LogP contribution >= 0.6 is 0 Å². The standard InChI is InChI=1S/C23H20N4O4/c1-15-7-6-9-17(13-15)25-21(29)18-10-3-4-11-19(18)26-22(30)23(31)27-24-14-16-8-2-5-12-20(16)28/h2-14,28H,1H3,(H,25,29)(H,26,30)(H,27,31). The number of anilines is 2. The Hall–Kier alpha value is -4.46. The van der Waals surface area contributed by atoms with Crippen molar-refractivity contribution in [1.29, 1.82) is 0 Å². The van der Waals surface area contributed by atoms with Crippen LogP contribution in [0, 0.1) is 6.92 Å². The zero-order chi connectivity index (χ0) is 22.2. The second kappa shape index (κ2) is 9.84. The number of para-hydroxylation sites is 2. The van der Waals surface area contributed by atoms with Gasteiger partial charge in [0.05, 0.1) is 17.5 Å². The average molecular weight is 416 g/mol. The SMILES string of the molecule is Cc1cccc(NC(=O)c2ccccc2NC(=O)C(=O)NN=Cc2ccccc2O)c1. The van der Waals surface area contributed by atoms with E-state index in [0.29, 0.717) is 11.3 Å². The molecule has 0 atom stereocenters. The molecule has 0 aromatic heterocycles. The maximum Gasteiger partial charge on any atom is 0.329 e. The van der Waals surface area contributed by atoms with Gasteiger partial charge in [-0.25, -0.2) is 5.43 Å². The van der Waals surface area contributed by atoms with Crippen molar-refractivity contribution in [3.8, 4) is 5.75 Å². The number of aromatic hydroxyl groups is 1. The van der Waals surface area contributed by atoms with Crippen LogP contribution in [0.15, 0.2) is 77.9 Å². The van der Waals surface area contributed by atoms with Gasteiger partial charge in [0, 0.05) is 11.3 Å². The largest absolute Gasteiger partial charge is 0.507 e. The molecule has 31 heavy (non-hydrogen) atoms. The molecule has 0 radical (unpaired) electrons. The zero-order valence-electron chi connectivity index (χ0n) is 16.6. The van der Waals surface area contributed by atoms with Crippen LogP contribution in [0.4, 0.5) is 11.4 Å². The van der Waals surface area contributed by atoms with E-state index in [2.05, 4.69) is 21.2 Å². The van der Waals surface area contributed by atoms with Crippen LogP contribution in [0.1, 0.15) is 21.5 Å². The minimum Gasteiger partial charge on any atom is -0.507 e. The second-order valence-electron chi connectivity index (χ2n) is 6.58. The number of amides is 3. The third kappa shape index (κ3) is 5.77. The van der Waals surface area contributed by atoms with Crippen LogP contribution in [-0.2, 0) is 9.59 Å². The number of nitrogens with zero attached hydrogens (tertiary/aromatic N) is 1. The first kappa shape index (κ1) is 21.3. The fourth-order valence-electron chi connectivity index (χ4n) is 2.70. The van der Waals surface area contributed by atoms with E-state index in [1.807, 2.05) is 25.1 Å². The van der Waals surface area contributed by atoms with Gasteiger partial charge in [-0.15, -0.1) is 0 Å². The van der Waals surface area contributed by atoms with Crippen molar-refractivity contribution in [3.05, 3.63) is 89.5 Å². The number of rotatable bonds is 5. The van der Waals surface area contributed by atoms with Crippen LogP contribution in [0.25, 0.3) is 0 Å². The van der Waals surface area contributed by atoms with E-state index in [0.717, 1.165) is 5.56 Å². The van der Waals surface area contributed by atoms with Gasteiger partial charge >= 0.3 is 11.8 Å². The third-order valence-electron chi connectivity index (χ3n) is 4.21. The summed E-state index contributed by atoms with van der Waals surface area (Å²) in [5.41, 5.74) is 4.43. The van der Waals surface area contributed by atoms with Crippen molar-refractivity contribution < 1.29 is 19.5 Å². The number of hydrazone groups is 1. The highest BCUT2D eigenvalue weighted by molar-refractivity contribution is 6.40. The molecule has 0 unspecified atom stereocenters. The summed E-state index contributed by atoms with van der Waals surface area (Å²) in [7, 11) is 0. The van der Waals surface area contributed by atoms with Crippen molar-refractivity contribution >= 4 is 35.3 Å². The average Bonchev–Trinajstić information content (AvgIpc) is 2.75.